The summed E-state index contributed by atoms with van der Waals surface area (Å²) in [6.45, 7) is 2.65. The average Bonchev–Trinajstić information content (AvgIpc) is 3.15. The Kier molecular flexibility index (Phi) is 6.62. The number of nitrogens with zero attached hydrogens (tertiary/aromatic N) is 3. The van der Waals surface area contributed by atoms with Gasteiger partial charge >= 0.3 is 0 Å². The lowest BCUT2D eigenvalue weighted by atomic mass is 10.1. The van der Waals surface area contributed by atoms with Gasteiger partial charge in [0.05, 0.1) is 5.52 Å². The normalized spacial score (nSPS) is 16.9. The minimum atomic E-state index is -0.194. The molecular formula is C27H28FN5O. The molecule has 6 nitrogen and oxygen atoms in total. The number of aromatic nitrogens is 3. The van der Waals surface area contributed by atoms with E-state index in [4.69, 9.17) is 0 Å². The summed E-state index contributed by atoms with van der Waals surface area (Å²) in [5, 5.41) is 11.6. The van der Waals surface area contributed by atoms with Gasteiger partial charge in [0.2, 0.25) is 0 Å². The second-order valence-corrected chi connectivity index (χ2v) is 8.92. The topological polar surface area (TPSA) is 73.9 Å². The summed E-state index contributed by atoms with van der Waals surface area (Å²) in [5.41, 5.74) is 4.28. The quantitative estimate of drug-likeness (QED) is 0.444. The highest BCUT2D eigenvalue weighted by Crippen LogP contribution is 2.26. The molecule has 2 aromatic carbocycles. The van der Waals surface area contributed by atoms with Gasteiger partial charge < -0.3 is 10.2 Å². The zero-order valence-electron chi connectivity index (χ0n) is 19.0. The first-order valence-electron chi connectivity index (χ1n) is 11.8. The van der Waals surface area contributed by atoms with E-state index in [0.717, 1.165) is 73.0 Å². The van der Waals surface area contributed by atoms with Crippen molar-refractivity contribution in [2.45, 2.75) is 31.7 Å². The molecule has 1 aliphatic heterocycles. The van der Waals surface area contributed by atoms with E-state index in [2.05, 4.69) is 25.4 Å². The molecule has 2 N–H and O–H groups in total. The largest absolute Gasteiger partial charge is 0.348 e. The van der Waals surface area contributed by atoms with Crippen molar-refractivity contribution >= 4 is 16.8 Å². The van der Waals surface area contributed by atoms with Gasteiger partial charge in [-0.15, -0.1) is 0 Å². The number of rotatable bonds is 6. The van der Waals surface area contributed by atoms with Crippen LogP contribution < -0.4 is 5.32 Å². The Morgan fingerprint density at radius 2 is 2.00 bits per heavy atom. The lowest BCUT2D eigenvalue weighted by molar-refractivity contribution is 0.0926. The van der Waals surface area contributed by atoms with Crippen LogP contribution in [0.15, 0.2) is 67.0 Å². The van der Waals surface area contributed by atoms with Gasteiger partial charge in [0.25, 0.3) is 5.91 Å². The summed E-state index contributed by atoms with van der Waals surface area (Å²) >= 11 is 0. The summed E-state index contributed by atoms with van der Waals surface area (Å²) in [6, 6.07) is 16.3. The van der Waals surface area contributed by atoms with E-state index >= 15 is 0 Å². The third-order valence-electron chi connectivity index (χ3n) is 6.48. The number of hydrogen-bond acceptors (Lipinski definition) is 4. The van der Waals surface area contributed by atoms with Crippen molar-refractivity contribution in [1.82, 2.24) is 25.4 Å². The summed E-state index contributed by atoms with van der Waals surface area (Å²) in [6.07, 6.45) is 7.41. The highest BCUT2D eigenvalue weighted by Gasteiger charge is 2.21. The molecule has 1 saturated heterocycles. The Bertz CT molecular complexity index is 1270. The Balaban J connectivity index is 1.26. The van der Waals surface area contributed by atoms with Gasteiger partial charge in [-0.05, 0) is 73.8 Å². The number of hydrogen-bond donors (Lipinski definition) is 2. The molecule has 174 valence electrons. The number of H-pyrrole nitrogens is 1. The molecule has 4 aromatic rings. The number of likely N-dealkylation sites (tertiary alicyclic amines) is 1. The smallest absolute Gasteiger partial charge is 0.251 e. The van der Waals surface area contributed by atoms with Crippen LogP contribution in [0.5, 0.6) is 0 Å². The first-order valence-corrected chi connectivity index (χ1v) is 11.8. The molecule has 34 heavy (non-hydrogen) atoms. The van der Waals surface area contributed by atoms with Gasteiger partial charge in [0.1, 0.15) is 11.5 Å². The number of carbonyl (C=O) groups excluding carboxylic acids is 1. The Morgan fingerprint density at radius 1 is 1.12 bits per heavy atom. The molecule has 1 atom stereocenters. The van der Waals surface area contributed by atoms with Gasteiger partial charge in [-0.25, -0.2) is 4.39 Å². The molecule has 1 aliphatic rings. The standard InChI is InChI=1S/C27H28FN5O/c28-22-5-3-4-19(16-22)11-15-33-14-2-1-6-23(18-33)30-27(34)21-7-8-25-24(17-21)26(32-31-25)20-9-12-29-13-10-20/h3-5,7-10,12-13,16-17,23H,1-2,6,11,14-15,18H2,(H,30,34)(H,31,32). The molecule has 3 heterocycles. The van der Waals surface area contributed by atoms with Crippen LogP contribution >= 0.6 is 0 Å². The predicted molar refractivity (Wildman–Crippen MR) is 131 cm³/mol. The number of amides is 1. The Morgan fingerprint density at radius 3 is 2.85 bits per heavy atom. The van der Waals surface area contributed by atoms with Crippen molar-refractivity contribution in [3.05, 3.63) is 83.9 Å². The van der Waals surface area contributed by atoms with Gasteiger partial charge in [0, 0.05) is 48.0 Å². The van der Waals surface area contributed by atoms with E-state index in [9.17, 15) is 9.18 Å². The molecule has 0 spiro atoms. The lowest BCUT2D eigenvalue weighted by Gasteiger charge is -2.25. The molecule has 0 aliphatic carbocycles. The van der Waals surface area contributed by atoms with E-state index in [1.807, 2.05) is 36.4 Å². The van der Waals surface area contributed by atoms with Crippen molar-refractivity contribution < 1.29 is 9.18 Å². The van der Waals surface area contributed by atoms with Crippen molar-refractivity contribution in [3.8, 4) is 11.3 Å². The SMILES string of the molecule is O=C(NC1CCCCN(CCc2cccc(F)c2)C1)c1ccc2[nH]nc(-c3ccncc3)c2c1. The fraction of sp³-hybridized carbons (Fsp3) is 0.296. The van der Waals surface area contributed by atoms with Crippen molar-refractivity contribution in [3.63, 3.8) is 0 Å². The maximum absolute atomic E-state index is 13.5. The molecule has 0 bridgehead atoms. The van der Waals surface area contributed by atoms with Gasteiger partial charge in [-0.3, -0.25) is 14.9 Å². The van der Waals surface area contributed by atoms with Crippen molar-refractivity contribution in [2.75, 3.05) is 19.6 Å². The fourth-order valence-corrected chi connectivity index (χ4v) is 4.67. The third-order valence-corrected chi connectivity index (χ3v) is 6.48. The monoisotopic (exact) mass is 457 g/mol. The molecule has 0 saturated carbocycles. The zero-order chi connectivity index (χ0) is 23.3. The second kappa shape index (κ2) is 10.1. The van der Waals surface area contributed by atoms with Crippen LogP contribution in [0.1, 0.15) is 35.2 Å². The zero-order valence-corrected chi connectivity index (χ0v) is 19.0. The number of nitrogens with one attached hydrogen (secondary N) is 2. The predicted octanol–water partition coefficient (Wildman–Crippen LogP) is 4.59. The van der Waals surface area contributed by atoms with E-state index in [0.29, 0.717) is 5.56 Å². The molecule has 0 radical (unpaired) electrons. The molecule has 1 unspecified atom stereocenters. The van der Waals surface area contributed by atoms with Crippen molar-refractivity contribution in [1.29, 1.82) is 0 Å². The van der Waals surface area contributed by atoms with E-state index in [1.165, 1.54) is 6.07 Å². The van der Waals surface area contributed by atoms with Gasteiger partial charge in [-0.2, -0.15) is 5.10 Å². The maximum Gasteiger partial charge on any atom is 0.251 e. The molecule has 5 rings (SSSR count). The second-order valence-electron chi connectivity index (χ2n) is 8.92. The van der Waals surface area contributed by atoms with Crippen LogP contribution in [-0.4, -0.2) is 51.7 Å². The Labute approximate surface area is 198 Å². The highest BCUT2D eigenvalue weighted by molar-refractivity contribution is 6.01. The summed E-state index contributed by atoms with van der Waals surface area (Å²) < 4.78 is 13.5. The first kappa shape index (κ1) is 22.2. The number of aromatic amines is 1. The van der Waals surface area contributed by atoms with Crippen molar-refractivity contribution in [2.24, 2.45) is 0 Å². The molecule has 7 heteroatoms. The number of pyridine rings is 1. The summed E-state index contributed by atoms with van der Waals surface area (Å²) in [7, 11) is 0. The molecule has 1 amide bonds. The van der Waals surface area contributed by atoms with Gasteiger partial charge in [-0.1, -0.05) is 18.6 Å². The fourth-order valence-electron chi connectivity index (χ4n) is 4.67. The minimum Gasteiger partial charge on any atom is -0.348 e. The van der Waals surface area contributed by atoms with E-state index in [1.54, 1.807) is 24.5 Å². The van der Waals surface area contributed by atoms with E-state index in [-0.39, 0.29) is 17.8 Å². The molecule has 2 aromatic heterocycles. The highest BCUT2D eigenvalue weighted by atomic mass is 19.1. The minimum absolute atomic E-state index is 0.0687. The first-order chi connectivity index (χ1) is 16.7. The summed E-state index contributed by atoms with van der Waals surface area (Å²) in [5.74, 6) is -0.263. The van der Waals surface area contributed by atoms with Crippen LogP contribution in [0.3, 0.4) is 0 Å². The van der Waals surface area contributed by atoms with Crippen LogP contribution in [0.4, 0.5) is 4.39 Å². The Hall–Kier alpha value is -3.58. The van der Waals surface area contributed by atoms with Crippen LogP contribution in [-0.2, 0) is 6.42 Å². The number of benzene rings is 2. The van der Waals surface area contributed by atoms with E-state index < -0.39 is 0 Å². The molecular weight excluding hydrogens is 429 g/mol. The maximum atomic E-state index is 13.5. The average molecular weight is 458 g/mol. The van der Waals surface area contributed by atoms with Gasteiger partial charge in [0.15, 0.2) is 0 Å². The lowest BCUT2D eigenvalue weighted by Crippen LogP contribution is -2.43. The number of halogens is 1. The molecule has 1 fully saturated rings. The van der Waals surface area contributed by atoms with Crippen LogP contribution in [0, 0.1) is 5.82 Å². The number of fused-ring (bicyclic) bond motifs is 1. The van der Waals surface area contributed by atoms with Crippen LogP contribution in [0.25, 0.3) is 22.2 Å². The summed E-state index contributed by atoms with van der Waals surface area (Å²) in [4.78, 5) is 19.6. The number of carbonyl (C=O) groups is 1. The third kappa shape index (κ3) is 5.15. The van der Waals surface area contributed by atoms with Crippen LogP contribution in [0.2, 0.25) is 0 Å².